The molecular weight excluding hydrogens is 208 g/mol. The van der Waals surface area contributed by atoms with Crippen molar-refractivity contribution in [3.63, 3.8) is 0 Å². The molecule has 1 fully saturated rings. The molecule has 0 unspecified atom stereocenters. The highest BCUT2D eigenvalue weighted by Crippen LogP contribution is 2.21. The molecule has 15 heavy (non-hydrogen) atoms. The van der Waals surface area contributed by atoms with Gasteiger partial charge >= 0.3 is 0 Å². The van der Waals surface area contributed by atoms with Crippen LogP contribution in [0.5, 0.6) is 0 Å². The second kappa shape index (κ2) is 4.92. The Morgan fingerprint density at radius 3 is 2.07 bits per heavy atom. The van der Waals surface area contributed by atoms with E-state index in [0.29, 0.717) is 0 Å². The van der Waals surface area contributed by atoms with Gasteiger partial charge in [-0.05, 0) is 26.7 Å². The van der Waals surface area contributed by atoms with Crippen molar-refractivity contribution in [3.8, 4) is 0 Å². The number of carbonyl (C=O) groups excluding carboxylic acids is 1. The topological polar surface area (TPSA) is 46.3 Å². The molecular formula is C11H20N2OS. The van der Waals surface area contributed by atoms with Gasteiger partial charge in [-0.3, -0.25) is 4.79 Å². The van der Waals surface area contributed by atoms with Crippen LogP contribution < -0.4 is 5.73 Å². The third-order valence-electron chi connectivity index (χ3n) is 3.04. The zero-order chi connectivity index (χ0) is 11.5. The molecule has 1 heterocycles. The van der Waals surface area contributed by atoms with E-state index >= 15 is 0 Å². The van der Waals surface area contributed by atoms with Crippen molar-refractivity contribution in [3.05, 3.63) is 0 Å². The molecule has 86 valence electrons. The largest absolute Gasteiger partial charge is 0.392 e. The SMILES string of the molecule is CC(C)(C(=O)N1CCCCCC1)C(N)=S. The van der Waals surface area contributed by atoms with Gasteiger partial charge in [0.2, 0.25) is 5.91 Å². The van der Waals surface area contributed by atoms with Crippen LogP contribution in [-0.2, 0) is 4.79 Å². The summed E-state index contributed by atoms with van der Waals surface area (Å²) in [6.07, 6.45) is 4.63. The average molecular weight is 228 g/mol. The van der Waals surface area contributed by atoms with Gasteiger partial charge in [0.1, 0.15) is 0 Å². The Morgan fingerprint density at radius 1 is 1.20 bits per heavy atom. The summed E-state index contributed by atoms with van der Waals surface area (Å²) in [5.74, 6) is 0.0805. The number of nitrogens with zero attached hydrogens (tertiary/aromatic N) is 1. The number of thiocarbonyl (C=S) groups is 1. The average Bonchev–Trinajstić information content (AvgIpc) is 2.44. The Hall–Kier alpha value is -0.640. The first kappa shape index (κ1) is 12.4. The zero-order valence-electron chi connectivity index (χ0n) is 9.58. The molecule has 1 rings (SSSR count). The maximum atomic E-state index is 12.2. The Bertz CT molecular complexity index is 255. The van der Waals surface area contributed by atoms with Crippen LogP contribution >= 0.6 is 12.2 Å². The normalized spacial score (nSPS) is 18.4. The van der Waals surface area contributed by atoms with E-state index in [9.17, 15) is 4.79 Å². The molecule has 0 aromatic carbocycles. The summed E-state index contributed by atoms with van der Waals surface area (Å²) in [5.41, 5.74) is 4.91. The van der Waals surface area contributed by atoms with Crippen molar-refractivity contribution < 1.29 is 4.79 Å². The van der Waals surface area contributed by atoms with E-state index in [1.807, 2.05) is 18.7 Å². The van der Waals surface area contributed by atoms with E-state index in [1.165, 1.54) is 12.8 Å². The number of amides is 1. The summed E-state index contributed by atoms with van der Waals surface area (Å²) in [6, 6.07) is 0. The number of rotatable bonds is 2. The summed E-state index contributed by atoms with van der Waals surface area (Å²) in [6.45, 7) is 5.32. The fourth-order valence-electron chi connectivity index (χ4n) is 1.77. The van der Waals surface area contributed by atoms with Crippen LogP contribution in [0.2, 0.25) is 0 Å². The van der Waals surface area contributed by atoms with Crippen molar-refractivity contribution in [2.75, 3.05) is 13.1 Å². The summed E-state index contributed by atoms with van der Waals surface area (Å²) in [4.78, 5) is 14.4. The summed E-state index contributed by atoms with van der Waals surface area (Å²) in [7, 11) is 0. The fourth-order valence-corrected chi connectivity index (χ4v) is 1.86. The van der Waals surface area contributed by atoms with Crippen LogP contribution in [0.15, 0.2) is 0 Å². The predicted molar refractivity (Wildman–Crippen MR) is 65.6 cm³/mol. The minimum Gasteiger partial charge on any atom is -0.392 e. The van der Waals surface area contributed by atoms with Crippen molar-refractivity contribution in [2.45, 2.75) is 39.5 Å². The highest BCUT2D eigenvalue weighted by atomic mass is 32.1. The zero-order valence-corrected chi connectivity index (χ0v) is 10.4. The maximum absolute atomic E-state index is 12.2. The number of hydrogen-bond acceptors (Lipinski definition) is 2. The molecule has 1 saturated heterocycles. The van der Waals surface area contributed by atoms with E-state index in [0.717, 1.165) is 25.9 Å². The van der Waals surface area contributed by atoms with E-state index in [1.54, 1.807) is 0 Å². The first-order valence-electron chi connectivity index (χ1n) is 5.55. The fraction of sp³-hybridized carbons (Fsp3) is 0.818. The first-order valence-corrected chi connectivity index (χ1v) is 5.96. The van der Waals surface area contributed by atoms with Crippen molar-refractivity contribution in [1.29, 1.82) is 0 Å². The van der Waals surface area contributed by atoms with Gasteiger partial charge in [0.25, 0.3) is 0 Å². The highest BCUT2D eigenvalue weighted by molar-refractivity contribution is 7.80. The number of nitrogens with two attached hydrogens (primary N) is 1. The minimum atomic E-state index is -0.695. The lowest BCUT2D eigenvalue weighted by molar-refractivity contribution is -0.136. The maximum Gasteiger partial charge on any atom is 0.235 e. The predicted octanol–water partition coefficient (Wildman–Crippen LogP) is 1.70. The molecule has 0 radical (unpaired) electrons. The van der Waals surface area contributed by atoms with Crippen molar-refractivity contribution in [1.82, 2.24) is 4.90 Å². The molecule has 1 aliphatic rings. The van der Waals surface area contributed by atoms with Crippen LogP contribution in [0.1, 0.15) is 39.5 Å². The molecule has 3 nitrogen and oxygen atoms in total. The highest BCUT2D eigenvalue weighted by Gasteiger charge is 2.34. The minimum absolute atomic E-state index is 0.0805. The Labute approximate surface area is 97.0 Å². The van der Waals surface area contributed by atoms with Crippen LogP contribution in [0.25, 0.3) is 0 Å². The molecule has 0 aromatic rings. The molecule has 0 bridgehead atoms. The standard InChI is InChI=1S/C11H20N2OS/c1-11(2,9(12)15)10(14)13-7-5-3-4-6-8-13/h3-8H2,1-2H3,(H2,12,15). The van der Waals surface area contributed by atoms with Crippen LogP contribution in [0, 0.1) is 5.41 Å². The monoisotopic (exact) mass is 228 g/mol. The molecule has 0 aliphatic carbocycles. The van der Waals surface area contributed by atoms with Gasteiger partial charge < -0.3 is 10.6 Å². The van der Waals surface area contributed by atoms with E-state index in [2.05, 4.69) is 0 Å². The summed E-state index contributed by atoms with van der Waals surface area (Å²) in [5, 5.41) is 0. The van der Waals surface area contributed by atoms with Crippen LogP contribution in [0.4, 0.5) is 0 Å². The third kappa shape index (κ3) is 2.91. The molecule has 0 aromatic heterocycles. The Balaban J connectivity index is 2.69. The third-order valence-corrected chi connectivity index (χ3v) is 3.55. The van der Waals surface area contributed by atoms with Gasteiger partial charge in [0.05, 0.1) is 10.4 Å². The summed E-state index contributed by atoms with van der Waals surface area (Å²) >= 11 is 4.94. The quantitative estimate of drug-likeness (QED) is 0.732. The van der Waals surface area contributed by atoms with Crippen molar-refractivity contribution >= 4 is 23.1 Å². The smallest absolute Gasteiger partial charge is 0.235 e. The van der Waals surface area contributed by atoms with Crippen LogP contribution in [0.3, 0.4) is 0 Å². The first-order chi connectivity index (χ1) is 6.96. The molecule has 0 atom stereocenters. The van der Waals surface area contributed by atoms with Gasteiger partial charge in [-0.15, -0.1) is 0 Å². The lowest BCUT2D eigenvalue weighted by Gasteiger charge is -2.30. The van der Waals surface area contributed by atoms with Gasteiger partial charge in [-0.25, -0.2) is 0 Å². The van der Waals surface area contributed by atoms with E-state index in [-0.39, 0.29) is 10.9 Å². The second-order valence-electron chi connectivity index (χ2n) is 4.70. The number of likely N-dealkylation sites (tertiary alicyclic amines) is 1. The van der Waals surface area contributed by atoms with Gasteiger partial charge in [-0.2, -0.15) is 0 Å². The lowest BCUT2D eigenvalue weighted by atomic mass is 9.91. The lowest BCUT2D eigenvalue weighted by Crippen LogP contribution is -2.47. The second-order valence-corrected chi connectivity index (χ2v) is 5.14. The summed E-state index contributed by atoms with van der Waals surface area (Å²) < 4.78 is 0. The van der Waals surface area contributed by atoms with E-state index < -0.39 is 5.41 Å². The molecule has 0 saturated carbocycles. The van der Waals surface area contributed by atoms with E-state index in [4.69, 9.17) is 18.0 Å². The molecule has 4 heteroatoms. The Morgan fingerprint density at radius 2 is 1.67 bits per heavy atom. The molecule has 1 amide bonds. The Kier molecular flexibility index (Phi) is 4.08. The van der Waals surface area contributed by atoms with Gasteiger partial charge in [0, 0.05) is 13.1 Å². The van der Waals surface area contributed by atoms with Crippen LogP contribution in [-0.4, -0.2) is 28.9 Å². The molecule has 1 aliphatic heterocycles. The number of hydrogen-bond donors (Lipinski definition) is 1. The van der Waals surface area contributed by atoms with Gasteiger partial charge in [0.15, 0.2) is 0 Å². The molecule has 2 N–H and O–H groups in total. The van der Waals surface area contributed by atoms with Crippen molar-refractivity contribution in [2.24, 2.45) is 11.1 Å². The van der Waals surface area contributed by atoms with Gasteiger partial charge in [-0.1, -0.05) is 25.1 Å². The molecule has 0 spiro atoms. The number of carbonyl (C=O) groups is 1.